The molecule has 0 saturated heterocycles. The first-order chi connectivity index (χ1) is 8.81. The fraction of sp³-hybridized carbons (Fsp3) is 0.267. The van der Waals surface area contributed by atoms with Crippen molar-refractivity contribution in [1.29, 1.82) is 0 Å². The summed E-state index contributed by atoms with van der Waals surface area (Å²) >= 11 is 0. The normalized spacial score (nSPS) is 14.4. The molecule has 2 aromatic rings. The summed E-state index contributed by atoms with van der Waals surface area (Å²) in [6.45, 7) is 0.791. The van der Waals surface area contributed by atoms with Crippen LogP contribution in [0.1, 0.15) is 12.8 Å². The van der Waals surface area contributed by atoms with Gasteiger partial charge in [-0.15, -0.1) is 0 Å². The van der Waals surface area contributed by atoms with E-state index >= 15 is 0 Å². The summed E-state index contributed by atoms with van der Waals surface area (Å²) in [4.78, 5) is 11.7. The lowest BCUT2D eigenvalue weighted by Crippen LogP contribution is -2.30. The highest BCUT2D eigenvalue weighted by atomic mass is 16.2. The zero-order chi connectivity index (χ0) is 12.4. The van der Waals surface area contributed by atoms with Gasteiger partial charge in [-0.25, -0.2) is 4.79 Å². The Morgan fingerprint density at radius 2 is 1.89 bits per heavy atom. The highest BCUT2D eigenvalue weighted by Gasteiger charge is 2.21. The zero-order valence-electron chi connectivity index (χ0n) is 10.1. The molecule has 2 aromatic carbocycles. The van der Waals surface area contributed by atoms with Crippen LogP contribution < -0.4 is 10.6 Å². The molecular weight excluding hydrogens is 224 g/mol. The fourth-order valence-electron chi connectivity index (χ4n) is 2.00. The van der Waals surface area contributed by atoms with E-state index in [1.807, 2.05) is 36.4 Å². The van der Waals surface area contributed by atoms with Crippen LogP contribution >= 0.6 is 0 Å². The van der Waals surface area contributed by atoms with Gasteiger partial charge in [0.2, 0.25) is 0 Å². The number of hydrogen-bond acceptors (Lipinski definition) is 1. The topological polar surface area (TPSA) is 41.1 Å². The second-order valence-electron chi connectivity index (χ2n) is 4.84. The molecule has 3 rings (SSSR count). The van der Waals surface area contributed by atoms with E-state index in [0.717, 1.165) is 17.6 Å². The maximum Gasteiger partial charge on any atom is 0.319 e. The van der Waals surface area contributed by atoms with Crippen LogP contribution in [0.15, 0.2) is 42.5 Å². The number of carbonyl (C=O) groups excluding carboxylic acids is 1. The van der Waals surface area contributed by atoms with Gasteiger partial charge >= 0.3 is 6.03 Å². The van der Waals surface area contributed by atoms with Crippen LogP contribution in [0.3, 0.4) is 0 Å². The largest absolute Gasteiger partial charge is 0.338 e. The molecule has 1 fully saturated rings. The van der Waals surface area contributed by atoms with Gasteiger partial charge in [0.1, 0.15) is 0 Å². The van der Waals surface area contributed by atoms with Crippen LogP contribution in [-0.2, 0) is 0 Å². The standard InChI is InChI=1S/C15H16N2O/c18-15(16-10-11-5-6-11)17-14-8-7-12-3-1-2-4-13(12)9-14/h1-4,7-9,11H,5-6,10H2,(H2,16,17,18). The van der Waals surface area contributed by atoms with Crippen molar-refractivity contribution in [3.8, 4) is 0 Å². The Kier molecular flexibility index (Phi) is 2.89. The molecule has 2 N–H and O–H groups in total. The molecule has 0 unspecified atom stereocenters. The van der Waals surface area contributed by atoms with Crippen LogP contribution in [0.2, 0.25) is 0 Å². The predicted molar refractivity (Wildman–Crippen MR) is 73.7 cm³/mol. The van der Waals surface area contributed by atoms with Crippen molar-refractivity contribution in [1.82, 2.24) is 5.32 Å². The highest BCUT2D eigenvalue weighted by molar-refractivity contribution is 5.93. The van der Waals surface area contributed by atoms with Crippen molar-refractivity contribution in [2.24, 2.45) is 5.92 Å². The molecule has 0 radical (unpaired) electrons. The second-order valence-corrected chi connectivity index (χ2v) is 4.84. The first kappa shape index (κ1) is 11.1. The van der Waals surface area contributed by atoms with Gasteiger partial charge in [0.05, 0.1) is 0 Å². The minimum atomic E-state index is -0.114. The lowest BCUT2D eigenvalue weighted by molar-refractivity contribution is 0.251. The average molecular weight is 240 g/mol. The maximum absolute atomic E-state index is 11.7. The Morgan fingerprint density at radius 1 is 1.11 bits per heavy atom. The van der Waals surface area contributed by atoms with Gasteiger partial charge in [0.15, 0.2) is 0 Å². The summed E-state index contributed by atoms with van der Waals surface area (Å²) in [5.74, 6) is 0.701. The summed E-state index contributed by atoms with van der Waals surface area (Å²) in [6, 6.07) is 13.9. The number of amides is 2. The summed E-state index contributed by atoms with van der Waals surface area (Å²) in [6.07, 6.45) is 2.49. The van der Waals surface area contributed by atoms with Gasteiger partial charge in [0.25, 0.3) is 0 Å². The van der Waals surface area contributed by atoms with Crippen molar-refractivity contribution in [3.63, 3.8) is 0 Å². The van der Waals surface area contributed by atoms with E-state index in [2.05, 4.69) is 16.7 Å². The number of benzene rings is 2. The third-order valence-electron chi connectivity index (χ3n) is 3.26. The zero-order valence-corrected chi connectivity index (χ0v) is 10.1. The number of hydrogen-bond donors (Lipinski definition) is 2. The third kappa shape index (κ3) is 2.62. The Labute approximate surface area is 106 Å². The van der Waals surface area contributed by atoms with E-state index in [1.54, 1.807) is 0 Å². The Morgan fingerprint density at radius 3 is 2.67 bits per heavy atom. The summed E-state index contributed by atoms with van der Waals surface area (Å²) in [5, 5.41) is 8.08. The fourth-order valence-corrected chi connectivity index (χ4v) is 2.00. The van der Waals surface area contributed by atoms with E-state index in [1.165, 1.54) is 18.2 Å². The van der Waals surface area contributed by atoms with Crippen molar-refractivity contribution in [3.05, 3.63) is 42.5 Å². The van der Waals surface area contributed by atoms with Crippen LogP contribution in [0, 0.1) is 5.92 Å². The Balaban J connectivity index is 1.67. The number of anilines is 1. The monoisotopic (exact) mass is 240 g/mol. The van der Waals surface area contributed by atoms with Crippen molar-refractivity contribution >= 4 is 22.5 Å². The number of urea groups is 1. The van der Waals surface area contributed by atoms with Crippen LogP contribution in [0.5, 0.6) is 0 Å². The smallest absolute Gasteiger partial charge is 0.319 e. The minimum absolute atomic E-state index is 0.114. The van der Waals surface area contributed by atoms with Gasteiger partial charge in [-0.1, -0.05) is 30.3 Å². The molecular formula is C15H16N2O. The van der Waals surface area contributed by atoms with E-state index in [4.69, 9.17) is 0 Å². The lowest BCUT2D eigenvalue weighted by Gasteiger charge is -2.08. The number of carbonyl (C=O) groups is 1. The molecule has 0 aromatic heterocycles. The van der Waals surface area contributed by atoms with Gasteiger partial charge in [-0.2, -0.15) is 0 Å². The minimum Gasteiger partial charge on any atom is -0.338 e. The van der Waals surface area contributed by atoms with E-state index < -0.39 is 0 Å². The first-order valence-electron chi connectivity index (χ1n) is 6.35. The highest BCUT2D eigenvalue weighted by Crippen LogP contribution is 2.27. The molecule has 1 aliphatic rings. The van der Waals surface area contributed by atoms with Gasteiger partial charge in [-0.3, -0.25) is 0 Å². The van der Waals surface area contributed by atoms with Crippen molar-refractivity contribution < 1.29 is 4.79 Å². The summed E-state index contributed by atoms with van der Waals surface area (Å²) in [5.41, 5.74) is 0.835. The molecule has 18 heavy (non-hydrogen) atoms. The summed E-state index contributed by atoms with van der Waals surface area (Å²) < 4.78 is 0. The maximum atomic E-state index is 11.7. The SMILES string of the molecule is O=C(NCC1CC1)Nc1ccc2ccccc2c1. The average Bonchev–Trinajstić information content (AvgIpc) is 3.20. The Bertz CT molecular complexity index is 575. The molecule has 0 spiro atoms. The molecule has 1 saturated carbocycles. The Hall–Kier alpha value is -2.03. The van der Waals surface area contributed by atoms with Crippen LogP contribution in [-0.4, -0.2) is 12.6 Å². The quantitative estimate of drug-likeness (QED) is 0.848. The lowest BCUT2D eigenvalue weighted by atomic mass is 10.1. The molecule has 3 heteroatoms. The molecule has 0 atom stereocenters. The van der Waals surface area contributed by atoms with E-state index in [-0.39, 0.29) is 6.03 Å². The van der Waals surface area contributed by atoms with E-state index in [0.29, 0.717) is 5.92 Å². The van der Waals surface area contributed by atoms with Crippen molar-refractivity contribution in [2.45, 2.75) is 12.8 Å². The van der Waals surface area contributed by atoms with Crippen LogP contribution in [0.4, 0.5) is 10.5 Å². The molecule has 3 nitrogen and oxygen atoms in total. The van der Waals surface area contributed by atoms with Crippen LogP contribution in [0.25, 0.3) is 10.8 Å². The van der Waals surface area contributed by atoms with Crippen molar-refractivity contribution in [2.75, 3.05) is 11.9 Å². The van der Waals surface area contributed by atoms with Gasteiger partial charge in [0, 0.05) is 12.2 Å². The molecule has 2 amide bonds. The summed E-state index contributed by atoms with van der Waals surface area (Å²) in [7, 11) is 0. The molecule has 1 aliphatic carbocycles. The molecule has 0 aliphatic heterocycles. The third-order valence-corrected chi connectivity index (χ3v) is 3.26. The molecule has 92 valence electrons. The second kappa shape index (κ2) is 4.69. The number of fused-ring (bicyclic) bond motifs is 1. The predicted octanol–water partition coefficient (Wildman–Crippen LogP) is 3.37. The molecule has 0 heterocycles. The van der Waals surface area contributed by atoms with Gasteiger partial charge in [-0.05, 0) is 41.7 Å². The van der Waals surface area contributed by atoms with E-state index in [9.17, 15) is 4.79 Å². The number of rotatable bonds is 3. The first-order valence-corrected chi connectivity index (χ1v) is 6.35. The van der Waals surface area contributed by atoms with Gasteiger partial charge < -0.3 is 10.6 Å². The molecule has 0 bridgehead atoms. The number of nitrogens with one attached hydrogen (secondary N) is 2.